The Balaban J connectivity index is 1.20. The molecule has 182 valence electrons. The lowest BCUT2D eigenvalue weighted by Gasteiger charge is -2.47. The van der Waals surface area contributed by atoms with Crippen LogP contribution in [0.2, 0.25) is 0 Å². The maximum Gasteiger partial charge on any atom is 0.339 e. The highest BCUT2D eigenvalue weighted by Crippen LogP contribution is 2.39. The van der Waals surface area contributed by atoms with Gasteiger partial charge < -0.3 is 24.5 Å². The number of aryl methyl sites for hydroxylation is 2. The van der Waals surface area contributed by atoms with Gasteiger partial charge in [0.25, 0.3) is 5.91 Å². The van der Waals surface area contributed by atoms with Crippen LogP contribution >= 0.6 is 0 Å². The molecule has 0 unspecified atom stereocenters. The number of ether oxygens (including phenoxy) is 1. The molecule has 8 heteroatoms. The molecular formula is C26H32N2O6. The van der Waals surface area contributed by atoms with Crippen molar-refractivity contribution in [1.29, 1.82) is 0 Å². The zero-order chi connectivity index (χ0) is 23.9. The number of likely N-dealkylation sites (tertiary alicyclic amines) is 1. The van der Waals surface area contributed by atoms with Crippen molar-refractivity contribution in [2.75, 3.05) is 26.2 Å². The Hall–Kier alpha value is -2.87. The van der Waals surface area contributed by atoms with Gasteiger partial charge in [-0.25, -0.2) is 4.79 Å². The molecule has 1 saturated heterocycles. The average Bonchev–Trinajstić information content (AvgIpc) is 3.30. The number of hydrogen-bond donors (Lipinski definition) is 2. The highest BCUT2D eigenvalue weighted by atomic mass is 16.5. The number of carbonyl (C=O) groups is 2. The summed E-state index contributed by atoms with van der Waals surface area (Å²) in [5.74, 6) is 0.116. The van der Waals surface area contributed by atoms with E-state index in [0.29, 0.717) is 42.8 Å². The number of rotatable bonds is 5. The molecular weight excluding hydrogens is 436 g/mol. The molecule has 34 heavy (non-hydrogen) atoms. The van der Waals surface area contributed by atoms with Crippen molar-refractivity contribution in [2.24, 2.45) is 5.92 Å². The Morgan fingerprint density at radius 3 is 2.88 bits per heavy atom. The van der Waals surface area contributed by atoms with Crippen LogP contribution in [0.25, 0.3) is 11.0 Å². The number of nitrogens with zero attached hydrogens (tertiary/aromatic N) is 1. The molecule has 1 aliphatic heterocycles. The molecule has 2 aliphatic carbocycles. The van der Waals surface area contributed by atoms with E-state index in [-0.39, 0.29) is 36.5 Å². The van der Waals surface area contributed by atoms with E-state index >= 15 is 0 Å². The molecule has 1 saturated carbocycles. The van der Waals surface area contributed by atoms with Crippen LogP contribution in [0.1, 0.15) is 55.2 Å². The van der Waals surface area contributed by atoms with Gasteiger partial charge in [0.05, 0.1) is 17.5 Å². The third kappa shape index (κ3) is 4.31. The van der Waals surface area contributed by atoms with E-state index in [9.17, 15) is 19.5 Å². The van der Waals surface area contributed by atoms with E-state index in [0.717, 1.165) is 55.0 Å². The maximum absolute atomic E-state index is 12.7. The molecule has 8 nitrogen and oxygen atoms in total. The largest absolute Gasteiger partial charge is 0.483 e. The molecule has 1 aromatic heterocycles. The molecule has 2 N–H and O–H groups in total. The number of aliphatic hydroxyl groups is 1. The Labute approximate surface area is 198 Å². The van der Waals surface area contributed by atoms with Gasteiger partial charge in [0.1, 0.15) is 11.3 Å². The molecule has 2 aromatic rings. The Kier molecular flexibility index (Phi) is 6.10. The number of carbonyl (C=O) groups excluding carboxylic acids is 2. The summed E-state index contributed by atoms with van der Waals surface area (Å²) in [6.07, 6.45) is 6.85. The van der Waals surface area contributed by atoms with Gasteiger partial charge >= 0.3 is 5.63 Å². The van der Waals surface area contributed by atoms with Crippen LogP contribution in [0.5, 0.6) is 5.75 Å². The summed E-state index contributed by atoms with van der Waals surface area (Å²) in [6.45, 7) is 2.62. The quantitative estimate of drug-likeness (QED) is 0.652. The van der Waals surface area contributed by atoms with Gasteiger partial charge in [-0.3, -0.25) is 9.59 Å². The van der Waals surface area contributed by atoms with Crippen LogP contribution < -0.4 is 15.7 Å². The molecule has 0 spiro atoms. The summed E-state index contributed by atoms with van der Waals surface area (Å²) < 4.78 is 11.4. The predicted octanol–water partition coefficient (Wildman–Crippen LogP) is 2.24. The highest BCUT2D eigenvalue weighted by Gasteiger charge is 2.43. The number of nitrogens with one attached hydrogen (secondary N) is 1. The predicted molar refractivity (Wildman–Crippen MR) is 126 cm³/mol. The van der Waals surface area contributed by atoms with E-state index in [4.69, 9.17) is 9.15 Å². The zero-order valence-corrected chi connectivity index (χ0v) is 19.7. The van der Waals surface area contributed by atoms with E-state index in [1.807, 2.05) is 19.1 Å². The Morgan fingerprint density at radius 2 is 2.03 bits per heavy atom. The number of fused-ring (bicyclic) bond motifs is 4. The SMILES string of the molecule is Cc1cc(OCC(=O)NCC(=O)N2CC[C@]3(O)CCCC[C@H]3C2)c2c3c(c(=O)oc2c1)CCC3. The van der Waals surface area contributed by atoms with Gasteiger partial charge in [-0.2, -0.15) is 0 Å². The molecule has 0 bridgehead atoms. The maximum atomic E-state index is 12.7. The summed E-state index contributed by atoms with van der Waals surface area (Å²) in [5.41, 5.74) is 2.06. The zero-order valence-electron chi connectivity index (χ0n) is 19.7. The first kappa shape index (κ1) is 22.9. The molecule has 2 heterocycles. The van der Waals surface area contributed by atoms with E-state index in [2.05, 4.69) is 5.32 Å². The van der Waals surface area contributed by atoms with Gasteiger partial charge in [0.15, 0.2) is 6.61 Å². The smallest absolute Gasteiger partial charge is 0.339 e. The molecule has 2 fully saturated rings. The van der Waals surface area contributed by atoms with Crippen LogP contribution in [0.3, 0.4) is 0 Å². The first-order valence-corrected chi connectivity index (χ1v) is 12.3. The number of benzene rings is 1. The van der Waals surface area contributed by atoms with E-state index < -0.39 is 5.60 Å². The lowest BCUT2D eigenvalue weighted by atomic mass is 9.71. The van der Waals surface area contributed by atoms with Gasteiger partial charge in [0, 0.05) is 24.6 Å². The molecule has 1 aromatic carbocycles. The summed E-state index contributed by atoms with van der Waals surface area (Å²) in [5, 5.41) is 14.2. The first-order valence-electron chi connectivity index (χ1n) is 12.3. The van der Waals surface area contributed by atoms with Crippen molar-refractivity contribution in [2.45, 2.75) is 63.9 Å². The number of amides is 2. The third-order valence-corrected chi connectivity index (χ3v) is 7.75. The molecule has 5 rings (SSSR count). The Bertz CT molecular complexity index is 1190. The summed E-state index contributed by atoms with van der Waals surface area (Å²) in [6, 6.07) is 3.66. The fraction of sp³-hybridized carbons (Fsp3) is 0.577. The van der Waals surface area contributed by atoms with E-state index in [1.54, 1.807) is 4.90 Å². The normalized spacial score (nSPS) is 23.9. The minimum atomic E-state index is -0.637. The van der Waals surface area contributed by atoms with Crippen molar-refractivity contribution >= 4 is 22.8 Å². The second kappa shape index (κ2) is 9.06. The fourth-order valence-electron chi connectivity index (χ4n) is 5.90. The molecule has 3 aliphatic rings. The van der Waals surface area contributed by atoms with Crippen molar-refractivity contribution in [3.05, 3.63) is 39.2 Å². The highest BCUT2D eigenvalue weighted by molar-refractivity contribution is 5.90. The van der Waals surface area contributed by atoms with Crippen molar-refractivity contribution in [3.63, 3.8) is 0 Å². The standard InChI is InChI=1S/C26H32N2O6/c1-16-11-20(24-18-6-4-7-19(18)25(31)34-21(24)12-16)33-15-22(29)27-13-23(30)28-10-9-26(32)8-3-2-5-17(26)14-28/h11-12,17,32H,2-10,13-15H2,1H3,(H,27,29)/t17-,26+/m0/s1. The van der Waals surface area contributed by atoms with Crippen LogP contribution in [-0.2, 0) is 22.4 Å². The summed E-state index contributed by atoms with van der Waals surface area (Å²) in [7, 11) is 0. The van der Waals surface area contributed by atoms with Crippen LogP contribution in [0.4, 0.5) is 0 Å². The first-order chi connectivity index (χ1) is 16.3. The average molecular weight is 469 g/mol. The summed E-state index contributed by atoms with van der Waals surface area (Å²) in [4.78, 5) is 39.2. The van der Waals surface area contributed by atoms with Gasteiger partial charge in [-0.1, -0.05) is 12.8 Å². The van der Waals surface area contributed by atoms with Crippen LogP contribution in [0.15, 0.2) is 21.3 Å². The van der Waals surface area contributed by atoms with E-state index in [1.165, 1.54) is 0 Å². The number of hydrogen-bond acceptors (Lipinski definition) is 6. The summed E-state index contributed by atoms with van der Waals surface area (Å²) >= 11 is 0. The van der Waals surface area contributed by atoms with Gasteiger partial charge in [-0.15, -0.1) is 0 Å². The van der Waals surface area contributed by atoms with Gasteiger partial charge in [-0.05, 0) is 68.7 Å². The minimum Gasteiger partial charge on any atom is -0.483 e. The fourth-order valence-corrected chi connectivity index (χ4v) is 5.90. The second-order valence-corrected chi connectivity index (χ2v) is 10.0. The molecule has 0 radical (unpaired) electrons. The Morgan fingerprint density at radius 1 is 1.21 bits per heavy atom. The van der Waals surface area contributed by atoms with Crippen LogP contribution in [-0.4, -0.2) is 53.7 Å². The second-order valence-electron chi connectivity index (χ2n) is 10.0. The topological polar surface area (TPSA) is 109 Å². The van der Waals surface area contributed by atoms with Crippen molar-refractivity contribution in [1.82, 2.24) is 10.2 Å². The lowest BCUT2D eigenvalue weighted by Crippen LogP contribution is -2.56. The minimum absolute atomic E-state index is 0.0911. The van der Waals surface area contributed by atoms with Crippen LogP contribution in [0, 0.1) is 12.8 Å². The van der Waals surface area contributed by atoms with Crippen molar-refractivity contribution in [3.8, 4) is 5.75 Å². The molecule has 2 atom stereocenters. The number of piperidine rings is 1. The monoisotopic (exact) mass is 468 g/mol. The molecule has 2 amide bonds. The van der Waals surface area contributed by atoms with Crippen molar-refractivity contribution < 1.29 is 23.8 Å². The third-order valence-electron chi connectivity index (χ3n) is 7.75. The lowest BCUT2D eigenvalue weighted by molar-refractivity contribution is -0.143. The van der Waals surface area contributed by atoms with Gasteiger partial charge in [0.2, 0.25) is 5.91 Å².